The van der Waals surface area contributed by atoms with Gasteiger partial charge in [0.2, 0.25) is 5.91 Å². The summed E-state index contributed by atoms with van der Waals surface area (Å²) in [6.07, 6.45) is 3.44. The van der Waals surface area contributed by atoms with Gasteiger partial charge in [-0.05, 0) is 25.2 Å². The fourth-order valence-corrected chi connectivity index (χ4v) is 3.00. The molecule has 23 heavy (non-hydrogen) atoms. The first-order valence-electron chi connectivity index (χ1n) is 8.88. The number of rotatable bonds is 7. The smallest absolute Gasteiger partial charge is 0.306 e. The maximum absolute atomic E-state index is 12.0. The number of piperidine rings is 1. The molecule has 6 heteroatoms. The number of esters is 1. The maximum Gasteiger partial charge on any atom is 0.306 e. The van der Waals surface area contributed by atoms with Crippen LogP contribution >= 0.6 is 0 Å². The molecule has 2 saturated heterocycles. The number of nitrogens with zero attached hydrogens (tertiary/aromatic N) is 2. The Bertz CT molecular complexity index is 375. The van der Waals surface area contributed by atoms with Gasteiger partial charge in [0.05, 0.1) is 26.2 Å². The summed E-state index contributed by atoms with van der Waals surface area (Å²) in [5, 5.41) is 0. The Morgan fingerprint density at radius 3 is 2.48 bits per heavy atom. The van der Waals surface area contributed by atoms with Gasteiger partial charge in [-0.2, -0.15) is 0 Å². The van der Waals surface area contributed by atoms with Crippen LogP contribution < -0.4 is 0 Å². The highest BCUT2D eigenvalue weighted by atomic mass is 16.5. The molecular formula is C17H30N2O4. The number of morpholine rings is 1. The van der Waals surface area contributed by atoms with E-state index >= 15 is 0 Å². The normalized spacial score (nSPS) is 20.5. The molecule has 0 aromatic rings. The molecule has 1 amide bonds. The molecule has 0 unspecified atom stereocenters. The highest BCUT2D eigenvalue weighted by molar-refractivity contribution is 5.81. The number of carbonyl (C=O) groups excluding carboxylic acids is 2. The standard InChI is InChI=1S/C17H30N2O4/c1-15-5-8-19(9-6-15)16(20)3-4-17(21)23-12-2-7-18-10-13-22-14-11-18/h15H,2-14H2,1H3. The highest BCUT2D eigenvalue weighted by Crippen LogP contribution is 2.17. The van der Waals surface area contributed by atoms with E-state index in [-0.39, 0.29) is 24.7 Å². The Morgan fingerprint density at radius 1 is 1.09 bits per heavy atom. The second-order valence-corrected chi connectivity index (χ2v) is 6.59. The zero-order valence-corrected chi connectivity index (χ0v) is 14.3. The molecule has 0 atom stereocenters. The van der Waals surface area contributed by atoms with Crippen molar-refractivity contribution in [1.82, 2.24) is 9.80 Å². The molecule has 2 aliphatic heterocycles. The van der Waals surface area contributed by atoms with Gasteiger partial charge in [0.1, 0.15) is 0 Å². The molecule has 0 N–H and O–H groups in total. The molecule has 2 heterocycles. The van der Waals surface area contributed by atoms with Crippen molar-refractivity contribution in [3.05, 3.63) is 0 Å². The lowest BCUT2D eigenvalue weighted by molar-refractivity contribution is -0.146. The lowest BCUT2D eigenvalue weighted by Crippen LogP contribution is -2.38. The second kappa shape index (κ2) is 9.88. The Hall–Kier alpha value is -1.14. The number of ether oxygens (including phenoxy) is 2. The largest absolute Gasteiger partial charge is 0.466 e. The molecule has 0 bridgehead atoms. The van der Waals surface area contributed by atoms with Gasteiger partial charge in [0.15, 0.2) is 0 Å². The molecule has 2 aliphatic rings. The van der Waals surface area contributed by atoms with E-state index < -0.39 is 0 Å². The summed E-state index contributed by atoms with van der Waals surface area (Å²) in [7, 11) is 0. The Kier molecular flexibility index (Phi) is 7.82. The van der Waals surface area contributed by atoms with Gasteiger partial charge < -0.3 is 14.4 Å². The summed E-state index contributed by atoms with van der Waals surface area (Å²) < 4.78 is 10.5. The number of likely N-dealkylation sites (tertiary alicyclic amines) is 1. The van der Waals surface area contributed by atoms with Crippen LogP contribution in [0.1, 0.15) is 39.0 Å². The van der Waals surface area contributed by atoms with E-state index in [0.29, 0.717) is 12.5 Å². The third-order valence-electron chi connectivity index (χ3n) is 4.66. The van der Waals surface area contributed by atoms with E-state index in [0.717, 1.165) is 65.2 Å². The zero-order valence-electron chi connectivity index (χ0n) is 14.3. The first-order chi connectivity index (χ1) is 11.1. The van der Waals surface area contributed by atoms with E-state index in [4.69, 9.17) is 9.47 Å². The molecule has 6 nitrogen and oxygen atoms in total. The molecule has 2 fully saturated rings. The van der Waals surface area contributed by atoms with Gasteiger partial charge in [0, 0.05) is 39.1 Å². The number of carbonyl (C=O) groups is 2. The predicted octanol–water partition coefficient (Wildman–Crippen LogP) is 1.29. The third-order valence-corrected chi connectivity index (χ3v) is 4.66. The van der Waals surface area contributed by atoms with Crippen molar-refractivity contribution in [1.29, 1.82) is 0 Å². The Morgan fingerprint density at radius 2 is 1.78 bits per heavy atom. The highest BCUT2D eigenvalue weighted by Gasteiger charge is 2.20. The van der Waals surface area contributed by atoms with Crippen molar-refractivity contribution in [2.24, 2.45) is 5.92 Å². The first kappa shape index (κ1) is 18.2. The summed E-state index contributed by atoms with van der Waals surface area (Å²) in [6.45, 7) is 8.73. The lowest BCUT2D eigenvalue weighted by atomic mass is 9.99. The van der Waals surface area contributed by atoms with Gasteiger partial charge in [-0.15, -0.1) is 0 Å². The van der Waals surface area contributed by atoms with E-state index in [2.05, 4.69) is 11.8 Å². The van der Waals surface area contributed by atoms with Gasteiger partial charge >= 0.3 is 5.97 Å². The number of hydrogen-bond donors (Lipinski definition) is 0. The van der Waals surface area contributed by atoms with E-state index in [1.807, 2.05) is 4.90 Å². The molecule has 0 saturated carbocycles. The SMILES string of the molecule is CC1CCN(C(=O)CCC(=O)OCCCN2CCOCC2)CC1. The van der Waals surface area contributed by atoms with Crippen LogP contribution in [-0.2, 0) is 19.1 Å². The topological polar surface area (TPSA) is 59.1 Å². The zero-order chi connectivity index (χ0) is 16.5. The van der Waals surface area contributed by atoms with Crippen molar-refractivity contribution in [3.63, 3.8) is 0 Å². The van der Waals surface area contributed by atoms with Crippen LogP contribution in [0.25, 0.3) is 0 Å². The van der Waals surface area contributed by atoms with E-state index in [9.17, 15) is 9.59 Å². The minimum Gasteiger partial charge on any atom is -0.466 e. The molecule has 0 aliphatic carbocycles. The fourth-order valence-electron chi connectivity index (χ4n) is 3.00. The Labute approximate surface area is 139 Å². The molecule has 0 aromatic heterocycles. The van der Waals surface area contributed by atoms with Crippen molar-refractivity contribution < 1.29 is 19.1 Å². The van der Waals surface area contributed by atoms with E-state index in [1.165, 1.54) is 0 Å². The van der Waals surface area contributed by atoms with Crippen LogP contribution in [-0.4, -0.2) is 74.2 Å². The van der Waals surface area contributed by atoms with E-state index in [1.54, 1.807) is 0 Å². The summed E-state index contributed by atoms with van der Waals surface area (Å²) in [4.78, 5) is 28.0. The summed E-state index contributed by atoms with van der Waals surface area (Å²) in [5.74, 6) is 0.531. The van der Waals surface area contributed by atoms with Crippen LogP contribution in [0.5, 0.6) is 0 Å². The molecule has 132 valence electrons. The van der Waals surface area contributed by atoms with Crippen molar-refractivity contribution in [3.8, 4) is 0 Å². The molecular weight excluding hydrogens is 296 g/mol. The number of hydrogen-bond acceptors (Lipinski definition) is 5. The molecule has 0 spiro atoms. The van der Waals surface area contributed by atoms with Gasteiger partial charge in [-0.1, -0.05) is 6.92 Å². The van der Waals surface area contributed by atoms with Crippen molar-refractivity contribution >= 4 is 11.9 Å². The van der Waals surface area contributed by atoms with Crippen LogP contribution in [0.4, 0.5) is 0 Å². The first-order valence-corrected chi connectivity index (χ1v) is 8.88. The second-order valence-electron chi connectivity index (χ2n) is 6.59. The molecule has 0 aromatic carbocycles. The van der Waals surface area contributed by atoms with Gasteiger partial charge in [0.25, 0.3) is 0 Å². The minimum absolute atomic E-state index is 0.0853. The average Bonchev–Trinajstić information content (AvgIpc) is 2.58. The summed E-state index contributed by atoms with van der Waals surface area (Å²) in [5.41, 5.74) is 0. The van der Waals surface area contributed by atoms with Crippen LogP contribution in [0.3, 0.4) is 0 Å². The predicted molar refractivity (Wildman–Crippen MR) is 87.0 cm³/mol. The Balaban J connectivity index is 1.50. The van der Waals surface area contributed by atoms with Gasteiger partial charge in [-0.3, -0.25) is 14.5 Å². The van der Waals surface area contributed by atoms with Gasteiger partial charge in [-0.25, -0.2) is 0 Å². The summed E-state index contributed by atoms with van der Waals surface area (Å²) in [6, 6.07) is 0. The third kappa shape index (κ3) is 6.87. The molecule has 2 rings (SSSR count). The molecule has 0 radical (unpaired) electrons. The lowest BCUT2D eigenvalue weighted by Gasteiger charge is -2.30. The maximum atomic E-state index is 12.0. The average molecular weight is 326 g/mol. The van der Waals surface area contributed by atoms with Crippen LogP contribution in [0.15, 0.2) is 0 Å². The fraction of sp³-hybridized carbons (Fsp3) is 0.882. The van der Waals surface area contributed by atoms with Crippen LogP contribution in [0.2, 0.25) is 0 Å². The monoisotopic (exact) mass is 326 g/mol. The quantitative estimate of drug-likeness (QED) is 0.521. The minimum atomic E-state index is -0.259. The van der Waals surface area contributed by atoms with Crippen molar-refractivity contribution in [2.75, 3.05) is 52.5 Å². The summed E-state index contributed by atoms with van der Waals surface area (Å²) >= 11 is 0. The van der Waals surface area contributed by atoms with Crippen LogP contribution in [0, 0.1) is 5.92 Å². The number of amides is 1. The van der Waals surface area contributed by atoms with Crippen molar-refractivity contribution in [2.45, 2.75) is 39.0 Å².